The van der Waals surface area contributed by atoms with Crippen LogP contribution in [0.25, 0.3) is 10.9 Å². The highest BCUT2D eigenvalue weighted by molar-refractivity contribution is 5.84. The van der Waals surface area contributed by atoms with Crippen molar-refractivity contribution in [3.05, 3.63) is 78.0 Å². The molecule has 1 saturated heterocycles. The van der Waals surface area contributed by atoms with Crippen molar-refractivity contribution in [3.8, 4) is 0 Å². The number of likely N-dealkylation sites (tertiary alicyclic amines) is 1. The fraction of sp³-hybridized carbons (Fsp3) is 0.304. The van der Waals surface area contributed by atoms with Crippen molar-refractivity contribution < 1.29 is 4.79 Å². The number of ketones is 1. The summed E-state index contributed by atoms with van der Waals surface area (Å²) in [6.07, 6.45) is 4.55. The number of hydrogen-bond donors (Lipinski definition) is 0. The van der Waals surface area contributed by atoms with E-state index in [1.165, 1.54) is 10.9 Å². The highest BCUT2D eigenvalue weighted by Gasteiger charge is 2.25. The largest absolute Gasteiger partial charge is 0.299 e. The van der Waals surface area contributed by atoms with Gasteiger partial charge in [-0.3, -0.25) is 14.7 Å². The topological polar surface area (TPSA) is 33.2 Å². The van der Waals surface area contributed by atoms with Crippen LogP contribution in [-0.4, -0.2) is 28.8 Å². The number of benzene rings is 2. The van der Waals surface area contributed by atoms with E-state index >= 15 is 0 Å². The normalized spacial score (nSPS) is 18.1. The van der Waals surface area contributed by atoms with Crippen LogP contribution in [0.2, 0.25) is 0 Å². The van der Waals surface area contributed by atoms with Crippen LogP contribution < -0.4 is 0 Å². The lowest BCUT2D eigenvalue weighted by Crippen LogP contribution is -2.38. The molecule has 1 fully saturated rings. The Morgan fingerprint density at radius 2 is 1.85 bits per heavy atom. The van der Waals surface area contributed by atoms with E-state index in [0.29, 0.717) is 12.2 Å². The Morgan fingerprint density at radius 3 is 2.73 bits per heavy atom. The fourth-order valence-corrected chi connectivity index (χ4v) is 3.94. The van der Waals surface area contributed by atoms with E-state index in [-0.39, 0.29) is 5.92 Å². The molecule has 0 N–H and O–H groups in total. The lowest BCUT2D eigenvalue weighted by Gasteiger charge is -2.32. The van der Waals surface area contributed by atoms with Gasteiger partial charge in [-0.1, -0.05) is 48.5 Å². The minimum absolute atomic E-state index is 0.150. The second-order valence-corrected chi connectivity index (χ2v) is 7.19. The van der Waals surface area contributed by atoms with Gasteiger partial charge < -0.3 is 0 Å². The van der Waals surface area contributed by atoms with Gasteiger partial charge in [-0.25, -0.2) is 0 Å². The SMILES string of the molecule is O=C(Cc1ccccc1)[C@H]1CCCN(Cc2ccnc3ccccc23)C1. The molecule has 2 aromatic carbocycles. The fourth-order valence-electron chi connectivity index (χ4n) is 3.94. The summed E-state index contributed by atoms with van der Waals surface area (Å²) < 4.78 is 0. The third kappa shape index (κ3) is 3.83. The molecule has 1 aliphatic heterocycles. The van der Waals surface area contributed by atoms with E-state index < -0.39 is 0 Å². The summed E-state index contributed by atoms with van der Waals surface area (Å²) in [4.78, 5) is 19.6. The Hall–Kier alpha value is -2.52. The van der Waals surface area contributed by atoms with Gasteiger partial charge in [0, 0.05) is 37.0 Å². The summed E-state index contributed by atoms with van der Waals surface area (Å²) in [5.41, 5.74) is 3.46. The van der Waals surface area contributed by atoms with Crippen molar-refractivity contribution in [2.45, 2.75) is 25.8 Å². The number of hydrogen-bond acceptors (Lipinski definition) is 3. The van der Waals surface area contributed by atoms with Crippen LogP contribution in [0.3, 0.4) is 0 Å². The standard InChI is InChI=1S/C23H24N2O/c26-23(15-18-7-2-1-3-8-18)20-9-6-14-25(17-20)16-19-12-13-24-22-11-5-4-10-21(19)22/h1-5,7-8,10-13,20H,6,9,14-17H2/t20-/m0/s1. The number of rotatable bonds is 5. The number of piperidine rings is 1. The molecular formula is C23H24N2O. The van der Waals surface area contributed by atoms with Crippen molar-refractivity contribution in [2.75, 3.05) is 13.1 Å². The average Bonchev–Trinajstić information content (AvgIpc) is 2.69. The number of carbonyl (C=O) groups excluding carboxylic acids is 1. The number of carbonyl (C=O) groups is 1. The summed E-state index contributed by atoms with van der Waals surface area (Å²) >= 11 is 0. The molecule has 3 aromatic rings. The highest BCUT2D eigenvalue weighted by Crippen LogP contribution is 2.23. The maximum atomic E-state index is 12.7. The third-order valence-corrected chi connectivity index (χ3v) is 5.32. The first-order valence-electron chi connectivity index (χ1n) is 9.41. The lowest BCUT2D eigenvalue weighted by molar-refractivity contribution is -0.123. The van der Waals surface area contributed by atoms with Gasteiger partial charge in [-0.05, 0) is 42.6 Å². The molecule has 0 radical (unpaired) electrons. The van der Waals surface area contributed by atoms with Crippen LogP contribution >= 0.6 is 0 Å². The van der Waals surface area contributed by atoms with Crippen LogP contribution in [-0.2, 0) is 17.8 Å². The molecule has 2 heterocycles. The zero-order valence-corrected chi connectivity index (χ0v) is 15.0. The first-order chi connectivity index (χ1) is 12.8. The average molecular weight is 344 g/mol. The Labute approximate surface area is 154 Å². The van der Waals surface area contributed by atoms with Crippen molar-refractivity contribution in [1.29, 1.82) is 0 Å². The summed E-state index contributed by atoms with van der Waals surface area (Å²) in [7, 11) is 0. The van der Waals surface area contributed by atoms with Crippen LogP contribution in [0.1, 0.15) is 24.0 Å². The number of pyridine rings is 1. The molecule has 0 amide bonds. The van der Waals surface area contributed by atoms with E-state index in [0.717, 1.165) is 43.6 Å². The number of para-hydroxylation sites is 1. The van der Waals surface area contributed by atoms with E-state index in [1.807, 2.05) is 42.6 Å². The van der Waals surface area contributed by atoms with Crippen LogP contribution in [0.4, 0.5) is 0 Å². The predicted octanol–water partition coefficient (Wildman–Crippen LogP) is 4.26. The van der Waals surface area contributed by atoms with Gasteiger partial charge in [-0.2, -0.15) is 0 Å². The van der Waals surface area contributed by atoms with Crippen molar-refractivity contribution in [3.63, 3.8) is 0 Å². The maximum absolute atomic E-state index is 12.7. The molecule has 3 nitrogen and oxygen atoms in total. The molecule has 0 unspecified atom stereocenters. The maximum Gasteiger partial charge on any atom is 0.141 e. The number of aromatic nitrogens is 1. The zero-order valence-electron chi connectivity index (χ0n) is 15.0. The van der Waals surface area contributed by atoms with Gasteiger partial charge in [0.1, 0.15) is 5.78 Å². The number of Topliss-reactive ketones (excluding diaryl/α,β-unsaturated/α-hetero) is 1. The third-order valence-electron chi connectivity index (χ3n) is 5.32. The molecule has 0 bridgehead atoms. The molecule has 26 heavy (non-hydrogen) atoms. The number of fused-ring (bicyclic) bond motifs is 1. The molecule has 1 atom stereocenters. The van der Waals surface area contributed by atoms with Crippen LogP contribution in [0, 0.1) is 5.92 Å². The molecule has 3 heteroatoms. The monoisotopic (exact) mass is 344 g/mol. The van der Waals surface area contributed by atoms with Crippen molar-refractivity contribution >= 4 is 16.7 Å². The van der Waals surface area contributed by atoms with E-state index in [2.05, 4.69) is 34.1 Å². The smallest absolute Gasteiger partial charge is 0.141 e. The molecule has 0 spiro atoms. The van der Waals surface area contributed by atoms with Crippen LogP contribution in [0.5, 0.6) is 0 Å². The number of nitrogens with zero attached hydrogens (tertiary/aromatic N) is 2. The minimum atomic E-state index is 0.150. The molecule has 1 aromatic heterocycles. The molecule has 1 aliphatic rings. The first-order valence-corrected chi connectivity index (χ1v) is 9.41. The predicted molar refractivity (Wildman–Crippen MR) is 105 cm³/mol. The molecule has 132 valence electrons. The second-order valence-electron chi connectivity index (χ2n) is 7.19. The summed E-state index contributed by atoms with van der Waals surface area (Å²) in [5, 5.41) is 1.22. The van der Waals surface area contributed by atoms with E-state index in [4.69, 9.17) is 0 Å². The van der Waals surface area contributed by atoms with E-state index in [9.17, 15) is 4.79 Å². The van der Waals surface area contributed by atoms with Crippen molar-refractivity contribution in [1.82, 2.24) is 9.88 Å². The van der Waals surface area contributed by atoms with Gasteiger partial charge in [-0.15, -0.1) is 0 Å². The van der Waals surface area contributed by atoms with Gasteiger partial charge in [0.05, 0.1) is 5.52 Å². The van der Waals surface area contributed by atoms with Crippen LogP contribution in [0.15, 0.2) is 66.9 Å². The molecule has 4 rings (SSSR count). The van der Waals surface area contributed by atoms with E-state index in [1.54, 1.807) is 0 Å². The molecule has 0 saturated carbocycles. The Balaban J connectivity index is 1.44. The summed E-state index contributed by atoms with van der Waals surface area (Å²) in [6, 6.07) is 20.5. The summed E-state index contributed by atoms with van der Waals surface area (Å²) in [5.74, 6) is 0.526. The molecular weight excluding hydrogens is 320 g/mol. The Kier molecular flexibility index (Phi) is 5.07. The molecule has 0 aliphatic carbocycles. The van der Waals surface area contributed by atoms with Gasteiger partial charge >= 0.3 is 0 Å². The Bertz CT molecular complexity index is 886. The minimum Gasteiger partial charge on any atom is -0.299 e. The first kappa shape index (κ1) is 16.9. The van der Waals surface area contributed by atoms with Crippen molar-refractivity contribution in [2.24, 2.45) is 5.92 Å². The van der Waals surface area contributed by atoms with Gasteiger partial charge in [0.25, 0.3) is 0 Å². The zero-order chi connectivity index (χ0) is 17.8. The van der Waals surface area contributed by atoms with Gasteiger partial charge in [0.15, 0.2) is 0 Å². The highest BCUT2D eigenvalue weighted by atomic mass is 16.1. The lowest BCUT2D eigenvalue weighted by atomic mass is 9.90. The summed E-state index contributed by atoms with van der Waals surface area (Å²) in [6.45, 7) is 2.81. The second kappa shape index (κ2) is 7.79. The van der Waals surface area contributed by atoms with Gasteiger partial charge in [0.2, 0.25) is 0 Å². The Morgan fingerprint density at radius 1 is 1.04 bits per heavy atom. The quantitative estimate of drug-likeness (QED) is 0.693.